The molecule has 1 amide bonds. The molecule has 0 saturated carbocycles. The minimum absolute atomic E-state index is 0.194. The van der Waals surface area contributed by atoms with Crippen molar-refractivity contribution >= 4 is 11.9 Å². The van der Waals surface area contributed by atoms with Gasteiger partial charge in [0.2, 0.25) is 0 Å². The van der Waals surface area contributed by atoms with E-state index in [2.05, 4.69) is 17.2 Å². The normalized spacial score (nSPS) is 11.0. The van der Waals surface area contributed by atoms with Gasteiger partial charge in [0.1, 0.15) is 18.5 Å². The lowest BCUT2D eigenvalue weighted by Crippen LogP contribution is -2.39. The van der Waals surface area contributed by atoms with Gasteiger partial charge in [-0.1, -0.05) is 11.8 Å². The van der Waals surface area contributed by atoms with Crippen LogP contribution in [0.5, 0.6) is 0 Å². The Labute approximate surface area is 122 Å². The first-order chi connectivity index (χ1) is 9.99. The molecule has 0 radical (unpaired) electrons. The van der Waals surface area contributed by atoms with Gasteiger partial charge >= 0.3 is 5.97 Å². The second-order valence-corrected chi connectivity index (χ2v) is 4.10. The highest BCUT2D eigenvalue weighted by Gasteiger charge is 2.19. The van der Waals surface area contributed by atoms with Crippen LogP contribution in [-0.2, 0) is 9.53 Å². The predicted molar refractivity (Wildman–Crippen MR) is 73.9 cm³/mol. The maximum Gasteiger partial charge on any atom is 0.328 e. The lowest BCUT2D eigenvalue weighted by Gasteiger charge is -2.13. The summed E-state index contributed by atoms with van der Waals surface area (Å²) in [5.41, 5.74) is 0.150. The molecule has 0 spiro atoms. The first-order valence-electron chi connectivity index (χ1n) is 6.36. The Kier molecular flexibility index (Phi) is 6.37. The molecule has 1 rings (SSSR count). The monoisotopic (exact) mass is 293 g/mol. The number of hydrogen-bond acceptors (Lipinski definition) is 4. The van der Waals surface area contributed by atoms with Crippen LogP contribution < -0.4 is 5.32 Å². The lowest BCUT2D eigenvalue weighted by atomic mass is 10.1. The molecule has 1 aromatic carbocycles. The van der Waals surface area contributed by atoms with Crippen LogP contribution in [0.25, 0.3) is 0 Å². The number of aliphatic hydroxyl groups is 1. The van der Waals surface area contributed by atoms with Crippen molar-refractivity contribution in [2.75, 3.05) is 13.2 Å². The van der Waals surface area contributed by atoms with Crippen LogP contribution in [0.2, 0.25) is 0 Å². The van der Waals surface area contributed by atoms with Crippen LogP contribution in [0.15, 0.2) is 18.2 Å². The second-order valence-electron chi connectivity index (χ2n) is 4.10. The van der Waals surface area contributed by atoms with Gasteiger partial charge in [-0.15, -0.1) is 0 Å². The second kappa shape index (κ2) is 8.02. The zero-order valence-electron chi connectivity index (χ0n) is 11.8. The van der Waals surface area contributed by atoms with E-state index >= 15 is 0 Å². The molecule has 2 N–H and O–H groups in total. The van der Waals surface area contributed by atoms with Gasteiger partial charge in [-0.2, -0.15) is 0 Å². The predicted octanol–water partition coefficient (Wildman–Crippen LogP) is 0.851. The number of esters is 1. The van der Waals surface area contributed by atoms with Crippen LogP contribution in [0.1, 0.15) is 29.8 Å². The summed E-state index contributed by atoms with van der Waals surface area (Å²) in [6, 6.07) is 2.94. The minimum Gasteiger partial charge on any atom is -0.464 e. The Morgan fingerprint density at radius 3 is 2.76 bits per heavy atom. The van der Waals surface area contributed by atoms with Crippen molar-refractivity contribution in [2.45, 2.75) is 19.9 Å². The molecule has 0 saturated heterocycles. The molecule has 112 valence electrons. The molecule has 0 heterocycles. The maximum absolute atomic E-state index is 13.8. The van der Waals surface area contributed by atoms with E-state index in [1.807, 2.05) is 0 Å². The summed E-state index contributed by atoms with van der Waals surface area (Å²) in [6.45, 7) is 2.97. The Morgan fingerprint density at radius 2 is 2.19 bits per heavy atom. The fourth-order valence-electron chi connectivity index (χ4n) is 1.52. The average Bonchev–Trinajstić information content (AvgIpc) is 2.45. The molecule has 0 bridgehead atoms. The highest BCUT2D eigenvalue weighted by Crippen LogP contribution is 2.10. The largest absolute Gasteiger partial charge is 0.464 e. The number of carbonyl (C=O) groups is 2. The number of halogens is 1. The molecule has 21 heavy (non-hydrogen) atoms. The van der Waals surface area contributed by atoms with Crippen LogP contribution in [0.3, 0.4) is 0 Å². The van der Waals surface area contributed by atoms with Crippen molar-refractivity contribution in [2.24, 2.45) is 0 Å². The van der Waals surface area contributed by atoms with Crippen LogP contribution >= 0.6 is 0 Å². The zero-order valence-corrected chi connectivity index (χ0v) is 11.8. The Balaban J connectivity index is 2.81. The van der Waals surface area contributed by atoms with Gasteiger partial charge in [-0.3, -0.25) is 4.79 Å². The van der Waals surface area contributed by atoms with E-state index in [0.29, 0.717) is 5.56 Å². The van der Waals surface area contributed by atoms with Gasteiger partial charge in [0, 0.05) is 5.56 Å². The van der Waals surface area contributed by atoms with Gasteiger partial charge < -0.3 is 15.2 Å². The van der Waals surface area contributed by atoms with Gasteiger partial charge in [0.25, 0.3) is 5.91 Å². The van der Waals surface area contributed by atoms with E-state index in [4.69, 9.17) is 9.84 Å². The zero-order chi connectivity index (χ0) is 15.8. The smallest absolute Gasteiger partial charge is 0.328 e. The third-order valence-electron chi connectivity index (χ3n) is 2.51. The van der Waals surface area contributed by atoms with Crippen molar-refractivity contribution in [1.82, 2.24) is 5.32 Å². The Hall–Kier alpha value is -2.39. The fourth-order valence-corrected chi connectivity index (χ4v) is 1.52. The molecule has 6 heteroatoms. The summed E-state index contributed by atoms with van der Waals surface area (Å²) in [6.07, 6.45) is 0. The molecule has 1 atom stereocenters. The van der Waals surface area contributed by atoms with Crippen molar-refractivity contribution in [3.8, 4) is 11.8 Å². The Morgan fingerprint density at radius 1 is 1.48 bits per heavy atom. The number of ether oxygens (including phenoxy) is 1. The SMILES string of the molecule is CCOC(=O)C(C)NC(=O)c1ccc(C#CCO)cc1F. The molecule has 0 aliphatic rings. The summed E-state index contributed by atoms with van der Waals surface area (Å²) in [4.78, 5) is 23.3. The van der Waals surface area contributed by atoms with E-state index in [9.17, 15) is 14.0 Å². The van der Waals surface area contributed by atoms with Crippen molar-refractivity contribution in [3.63, 3.8) is 0 Å². The number of hydrogen-bond donors (Lipinski definition) is 2. The number of carbonyl (C=O) groups excluding carboxylic acids is 2. The fraction of sp³-hybridized carbons (Fsp3) is 0.333. The lowest BCUT2D eigenvalue weighted by molar-refractivity contribution is -0.144. The number of amides is 1. The van der Waals surface area contributed by atoms with Crippen molar-refractivity contribution < 1.29 is 23.8 Å². The molecule has 0 fully saturated rings. The standard InChI is InChI=1S/C15H16FNO4/c1-3-21-15(20)10(2)17-14(19)12-7-6-11(5-4-8-18)9-13(12)16/h6-7,9-10,18H,3,8H2,1-2H3,(H,17,19). The van der Waals surface area contributed by atoms with Gasteiger partial charge in [0.15, 0.2) is 0 Å². The summed E-state index contributed by atoms with van der Waals surface area (Å²) in [5, 5.41) is 10.9. The van der Waals surface area contributed by atoms with Gasteiger partial charge in [0.05, 0.1) is 12.2 Å². The molecule has 1 unspecified atom stereocenters. The highest BCUT2D eigenvalue weighted by atomic mass is 19.1. The molecule has 0 aliphatic carbocycles. The van der Waals surface area contributed by atoms with Crippen LogP contribution in [-0.4, -0.2) is 36.2 Å². The maximum atomic E-state index is 13.8. The van der Waals surface area contributed by atoms with Crippen LogP contribution in [0, 0.1) is 17.7 Å². The number of benzene rings is 1. The number of rotatable bonds is 4. The summed E-state index contributed by atoms with van der Waals surface area (Å²) in [7, 11) is 0. The van der Waals surface area contributed by atoms with E-state index in [1.165, 1.54) is 19.1 Å². The third-order valence-corrected chi connectivity index (χ3v) is 2.51. The summed E-state index contributed by atoms with van der Waals surface area (Å²) in [5.74, 6) is 2.85. The minimum atomic E-state index is -0.870. The molecule has 1 aromatic rings. The Bertz CT molecular complexity index is 589. The first kappa shape index (κ1) is 16.7. The molecule has 5 nitrogen and oxygen atoms in total. The third kappa shape index (κ3) is 4.89. The number of aliphatic hydroxyl groups excluding tert-OH is 1. The molecular weight excluding hydrogens is 277 g/mol. The highest BCUT2D eigenvalue weighted by molar-refractivity contribution is 5.97. The first-order valence-corrected chi connectivity index (χ1v) is 6.36. The van der Waals surface area contributed by atoms with Gasteiger partial charge in [-0.25, -0.2) is 9.18 Å². The average molecular weight is 293 g/mol. The quantitative estimate of drug-likeness (QED) is 0.637. The summed E-state index contributed by atoms with van der Waals surface area (Å²) >= 11 is 0. The van der Waals surface area contributed by atoms with E-state index in [0.717, 1.165) is 6.07 Å². The number of nitrogens with one attached hydrogen (secondary N) is 1. The van der Waals surface area contributed by atoms with Crippen molar-refractivity contribution in [3.05, 3.63) is 35.1 Å². The van der Waals surface area contributed by atoms with Crippen molar-refractivity contribution in [1.29, 1.82) is 0 Å². The van der Waals surface area contributed by atoms with Gasteiger partial charge in [-0.05, 0) is 32.0 Å². The molecule has 0 aromatic heterocycles. The van der Waals surface area contributed by atoms with E-state index in [1.54, 1.807) is 6.92 Å². The van der Waals surface area contributed by atoms with E-state index in [-0.39, 0.29) is 18.8 Å². The molecular formula is C15H16FNO4. The van der Waals surface area contributed by atoms with Crippen LogP contribution in [0.4, 0.5) is 4.39 Å². The topological polar surface area (TPSA) is 75.6 Å². The molecule has 0 aliphatic heterocycles. The van der Waals surface area contributed by atoms with E-state index < -0.39 is 23.7 Å². The summed E-state index contributed by atoms with van der Waals surface area (Å²) < 4.78 is 18.6.